The number of nitrogen functional groups attached to an aromatic ring is 1. The SMILES string of the molecule is Nc1ncccc1Nc1ccc(OC(F)F)cc1. The van der Waals surface area contributed by atoms with E-state index in [2.05, 4.69) is 15.0 Å². The van der Waals surface area contributed by atoms with Crippen molar-refractivity contribution < 1.29 is 13.5 Å². The predicted molar refractivity (Wildman–Crippen MR) is 65.0 cm³/mol. The van der Waals surface area contributed by atoms with Crippen LogP contribution >= 0.6 is 0 Å². The first kappa shape index (κ1) is 12.1. The Labute approximate surface area is 102 Å². The van der Waals surface area contributed by atoms with Crippen molar-refractivity contribution in [3.05, 3.63) is 42.6 Å². The van der Waals surface area contributed by atoms with Crippen LogP contribution in [0.2, 0.25) is 0 Å². The first-order chi connectivity index (χ1) is 8.65. The van der Waals surface area contributed by atoms with E-state index in [-0.39, 0.29) is 5.75 Å². The highest BCUT2D eigenvalue weighted by Gasteiger charge is 2.04. The molecule has 0 aliphatic rings. The molecule has 0 atom stereocenters. The van der Waals surface area contributed by atoms with Crippen LogP contribution in [-0.2, 0) is 0 Å². The van der Waals surface area contributed by atoms with Crippen LogP contribution < -0.4 is 15.8 Å². The number of rotatable bonds is 4. The fraction of sp³-hybridized carbons (Fsp3) is 0.0833. The standard InChI is InChI=1S/C12H11F2N3O/c13-12(14)18-9-5-3-8(4-6-9)17-10-2-1-7-16-11(10)15/h1-7,12,17H,(H2,15,16). The first-order valence-electron chi connectivity index (χ1n) is 5.17. The van der Waals surface area contributed by atoms with Crippen LogP contribution in [0.4, 0.5) is 26.0 Å². The second-order valence-corrected chi connectivity index (χ2v) is 3.46. The number of halogens is 2. The molecule has 2 rings (SSSR count). The largest absolute Gasteiger partial charge is 0.435 e. The summed E-state index contributed by atoms with van der Waals surface area (Å²) in [6.45, 7) is -2.82. The highest BCUT2D eigenvalue weighted by atomic mass is 19.3. The van der Waals surface area contributed by atoms with Gasteiger partial charge in [-0.25, -0.2) is 4.98 Å². The van der Waals surface area contributed by atoms with Crippen LogP contribution in [0.5, 0.6) is 5.75 Å². The van der Waals surface area contributed by atoms with Gasteiger partial charge < -0.3 is 15.8 Å². The molecule has 0 saturated carbocycles. The summed E-state index contributed by atoms with van der Waals surface area (Å²) in [5, 5.41) is 3.02. The maximum atomic E-state index is 12.0. The summed E-state index contributed by atoms with van der Waals surface area (Å²) in [5.74, 6) is 0.472. The Balaban J connectivity index is 2.09. The second-order valence-electron chi connectivity index (χ2n) is 3.46. The summed E-state index contributed by atoms with van der Waals surface area (Å²) in [6.07, 6.45) is 1.58. The highest BCUT2D eigenvalue weighted by molar-refractivity contribution is 5.69. The lowest BCUT2D eigenvalue weighted by molar-refractivity contribution is -0.0498. The van der Waals surface area contributed by atoms with Crippen molar-refractivity contribution in [3.63, 3.8) is 0 Å². The predicted octanol–water partition coefficient (Wildman–Crippen LogP) is 3.01. The molecule has 1 aromatic carbocycles. The molecule has 4 nitrogen and oxygen atoms in total. The van der Waals surface area contributed by atoms with Gasteiger partial charge >= 0.3 is 6.61 Å². The van der Waals surface area contributed by atoms with E-state index in [0.717, 1.165) is 0 Å². The van der Waals surface area contributed by atoms with Crippen molar-refractivity contribution in [3.8, 4) is 5.75 Å². The minimum atomic E-state index is -2.82. The number of nitrogens with two attached hydrogens (primary N) is 1. The summed E-state index contributed by atoms with van der Waals surface area (Å²) in [7, 11) is 0. The number of benzene rings is 1. The molecule has 0 fully saturated rings. The van der Waals surface area contributed by atoms with Gasteiger partial charge in [-0.2, -0.15) is 8.78 Å². The average Bonchev–Trinajstić information content (AvgIpc) is 2.34. The molecule has 0 amide bonds. The van der Waals surface area contributed by atoms with Crippen LogP contribution in [0.1, 0.15) is 0 Å². The van der Waals surface area contributed by atoms with Gasteiger partial charge in [0.2, 0.25) is 0 Å². The van der Waals surface area contributed by atoms with Gasteiger partial charge in [0.1, 0.15) is 11.6 Å². The Morgan fingerprint density at radius 1 is 1.17 bits per heavy atom. The zero-order valence-electron chi connectivity index (χ0n) is 9.31. The van der Waals surface area contributed by atoms with Gasteiger partial charge in [0, 0.05) is 11.9 Å². The Bertz CT molecular complexity index is 517. The molecule has 6 heteroatoms. The van der Waals surface area contributed by atoms with Crippen molar-refractivity contribution in [2.24, 2.45) is 0 Å². The summed E-state index contributed by atoms with van der Waals surface area (Å²) in [4.78, 5) is 3.92. The Morgan fingerprint density at radius 2 is 1.89 bits per heavy atom. The van der Waals surface area contributed by atoms with Crippen molar-refractivity contribution in [2.75, 3.05) is 11.1 Å². The van der Waals surface area contributed by atoms with E-state index < -0.39 is 6.61 Å². The summed E-state index contributed by atoms with van der Waals surface area (Å²) >= 11 is 0. The smallest absolute Gasteiger partial charge is 0.387 e. The molecular weight excluding hydrogens is 240 g/mol. The Kier molecular flexibility index (Phi) is 3.57. The maximum absolute atomic E-state index is 12.0. The van der Waals surface area contributed by atoms with Gasteiger partial charge in [0.05, 0.1) is 5.69 Å². The van der Waals surface area contributed by atoms with E-state index in [1.165, 1.54) is 12.1 Å². The molecule has 0 unspecified atom stereocenters. The van der Waals surface area contributed by atoms with Gasteiger partial charge in [-0.05, 0) is 36.4 Å². The maximum Gasteiger partial charge on any atom is 0.387 e. The quantitative estimate of drug-likeness (QED) is 0.876. The minimum Gasteiger partial charge on any atom is -0.435 e. The van der Waals surface area contributed by atoms with E-state index >= 15 is 0 Å². The molecule has 3 N–H and O–H groups in total. The minimum absolute atomic E-state index is 0.106. The van der Waals surface area contributed by atoms with Crippen LogP contribution in [0.15, 0.2) is 42.6 Å². The number of aromatic nitrogens is 1. The molecule has 0 bridgehead atoms. The van der Waals surface area contributed by atoms with Crippen LogP contribution in [0, 0.1) is 0 Å². The van der Waals surface area contributed by atoms with Crippen molar-refractivity contribution in [2.45, 2.75) is 6.61 Å². The molecule has 94 valence electrons. The lowest BCUT2D eigenvalue weighted by Gasteiger charge is -2.09. The molecular formula is C12H11F2N3O. The lowest BCUT2D eigenvalue weighted by atomic mass is 10.3. The third-order valence-corrected chi connectivity index (χ3v) is 2.20. The Hall–Kier alpha value is -2.37. The molecule has 0 radical (unpaired) electrons. The van der Waals surface area contributed by atoms with E-state index in [0.29, 0.717) is 17.2 Å². The third-order valence-electron chi connectivity index (χ3n) is 2.20. The normalized spacial score (nSPS) is 10.4. The van der Waals surface area contributed by atoms with Crippen molar-refractivity contribution in [1.29, 1.82) is 0 Å². The summed E-state index contributed by atoms with van der Waals surface area (Å²) in [5.41, 5.74) is 7.02. The number of nitrogens with one attached hydrogen (secondary N) is 1. The second kappa shape index (κ2) is 5.31. The van der Waals surface area contributed by atoms with Gasteiger partial charge in [0.15, 0.2) is 0 Å². The van der Waals surface area contributed by atoms with Crippen LogP contribution in [-0.4, -0.2) is 11.6 Å². The van der Waals surface area contributed by atoms with Crippen molar-refractivity contribution >= 4 is 17.2 Å². The molecule has 0 aliphatic heterocycles. The fourth-order valence-electron chi connectivity index (χ4n) is 1.40. The van der Waals surface area contributed by atoms with Crippen molar-refractivity contribution in [1.82, 2.24) is 4.98 Å². The first-order valence-corrected chi connectivity index (χ1v) is 5.17. The van der Waals surface area contributed by atoms with E-state index in [4.69, 9.17) is 5.73 Å². The molecule has 2 aromatic rings. The molecule has 0 aliphatic carbocycles. The molecule has 18 heavy (non-hydrogen) atoms. The molecule has 0 spiro atoms. The average molecular weight is 251 g/mol. The highest BCUT2D eigenvalue weighted by Crippen LogP contribution is 2.23. The van der Waals surface area contributed by atoms with Crippen LogP contribution in [0.25, 0.3) is 0 Å². The molecule has 0 saturated heterocycles. The van der Waals surface area contributed by atoms with Gasteiger partial charge in [-0.1, -0.05) is 0 Å². The number of pyridine rings is 1. The number of hydrogen-bond donors (Lipinski definition) is 2. The summed E-state index contributed by atoms with van der Waals surface area (Å²) < 4.78 is 28.2. The fourth-order valence-corrected chi connectivity index (χ4v) is 1.40. The van der Waals surface area contributed by atoms with E-state index in [1.807, 2.05) is 0 Å². The summed E-state index contributed by atoms with van der Waals surface area (Å²) in [6, 6.07) is 9.63. The number of anilines is 3. The van der Waals surface area contributed by atoms with Gasteiger partial charge in [-0.3, -0.25) is 0 Å². The topological polar surface area (TPSA) is 60.2 Å². The number of ether oxygens (including phenoxy) is 1. The number of nitrogens with zero attached hydrogens (tertiary/aromatic N) is 1. The van der Waals surface area contributed by atoms with E-state index in [9.17, 15) is 8.78 Å². The lowest BCUT2D eigenvalue weighted by Crippen LogP contribution is -2.02. The van der Waals surface area contributed by atoms with Crippen LogP contribution in [0.3, 0.4) is 0 Å². The van der Waals surface area contributed by atoms with E-state index in [1.54, 1.807) is 30.5 Å². The number of hydrogen-bond acceptors (Lipinski definition) is 4. The molecule has 1 heterocycles. The van der Waals surface area contributed by atoms with Gasteiger partial charge in [0.25, 0.3) is 0 Å². The monoisotopic (exact) mass is 251 g/mol. The number of alkyl halides is 2. The van der Waals surface area contributed by atoms with Gasteiger partial charge in [-0.15, -0.1) is 0 Å². The third kappa shape index (κ3) is 3.07. The molecule has 1 aromatic heterocycles. The Morgan fingerprint density at radius 3 is 2.50 bits per heavy atom. The zero-order valence-corrected chi connectivity index (χ0v) is 9.31. The zero-order chi connectivity index (χ0) is 13.0.